The van der Waals surface area contributed by atoms with Crippen molar-refractivity contribution >= 4 is 0 Å². The Labute approximate surface area is 85.0 Å². The topological polar surface area (TPSA) is 30.5 Å². The van der Waals surface area contributed by atoms with Crippen LogP contribution in [0.25, 0.3) is 0 Å². The molecule has 3 nitrogen and oxygen atoms in total. The maximum atomic E-state index is 5.46. The first-order valence-corrected chi connectivity index (χ1v) is 4.72. The first-order valence-electron chi connectivity index (χ1n) is 4.72. The molecule has 0 heterocycles. The standard InChI is InChI=1S/C11H17NO2/c1-12-7-8-14-9-10-5-3-4-6-11(10)13-2/h3-6,12H,7-9H2,1-2H3. The van der Waals surface area contributed by atoms with E-state index in [1.54, 1.807) is 7.11 Å². The number of likely N-dealkylation sites (N-methyl/N-ethyl adjacent to an activating group) is 1. The highest BCUT2D eigenvalue weighted by Crippen LogP contribution is 2.17. The molecule has 78 valence electrons. The lowest BCUT2D eigenvalue weighted by Gasteiger charge is -2.08. The van der Waals surface area contributed by atoms with Crippen LogP contribution in [0, 0.1) is 0 Å². The number of ether oxygens (including phenoxy) is 2. The van der Waals surface area contributed by atoms with E-state index >= 15 is 0 Å². The van der Waals surface area contributed by atoms with E-state index in [9.17, 15) is 0 Å². The molecule has 0 aliphatic carbocycles. The first-order chi connectivity index (χ1) is 6.88. The van der Waals surface area contributed by atoms with Gasteiger partial charge in [0.1, 0.15) is 5.75 Å². The predicted molar refractivity (Wildman–Crippen MR) is 56.6 cm³/mol. The van der Waals surface area contributed by atoms with Crippen LogP contribution >= 0.6 is 0 Å². The molecule has 1 aromatic rings. The van der Waals surface area contributed by atoms with E-state index in [1.165, 1.54) is 0 Å². The highest BCUT2D eigenvalue weighted by Gasteiger charge is 2.00. The Morgan fingerprint density at radius 2 is 2.07 bits per heavy atom. The highest BCUT2D eigenvalue weighted by atomic mass is 16.5. The monoisotopic (exact) mass is 195 g/mol. The Bertz CT molecular complexity index is 263. The van der Waals surface area contributed by atoms with Crippen molar-refractivity contribution in [3.63, 3.8) is 0 Å². The Balaban J connectivity index is 2.41. The molecule has 1 N–H and O–H groups in total. The van der Waals surface area contributed by atoms with Crippen LogP contribution in [-0.4, -0.2) is 27.3 Å². The zero-order valence-electron chi connectivity index (χ0n) is 8.75. The van der Waals surface area contributed by atoms with Crippen molar-refractivity contribution in [2.75, 3.05) is 27.3 Å². The van der Waals surface area contributed by atoms with Gasteiger partial charge in [-0.15, -0.1) is 0 Å². The van der Waals surface area contributed by atoms with Crippen molar-refractivity contribution in [2.24, 2.45) is 0 Å². The second-order valence-corrected chi connectivity index (χ2v) is 2.97. The summed E-state index contributed by atoms with van der Waals surface area (Å²) in [6.07, 6.45) is 0. The van der Waals surface area contributed by atoms with Crippen molar-refractivity contribution < 1.29 is 9.47 Å². The Hall–Kier alpha value is -1.06. The van der Waals surface area contributed by atoms with Crippen LogP contribution in [0.15, 0.2) is 24.3 Å². The normalized spacial score (nSPS) is 10.1. The predicted octanol–water partition coefficient (Wildman–Crippen LogP) is 1.43. The summed E-state index contributed by atoms with van der Waals surface area (Å²) >= 11 is 0. The van der Waals surface area contributed by atoms with Gasteiger partial charge in [0.2, 0.25) is 0 Å². The van der Waals surface area contributed by atoms with Crippen molar-refractivity contribution in [1.29, 1.82) is 0 Å². The molecule has 0 aliphatic heterocycles. The highest BCUT2D eigenvalue weighted by molar-refractivity contribution is 5.32. The summed E-state index contributed by atoms with van der Waals surface area (Å²) in [6, 6.07) is 7.89. The smallest absolute Gasteiger partial charge is 0.124 e. The number of para-hydroxylation sites is 1. The number of hydrogen-bond donors (Lipinski definition) is 1. The summed E-state index contributed by atoms with van der Waals surface area (Å²) < 4.78 is 10.7. The fourth-order valence-electron chi connectivity index (χ4n) is 1.18. The fraction of sp³-hybridized carbons (Fsp3) is 0.455. The minimum atomic E-state index is 0.603. The zero-order chi connectivity index (χ0) is 10.2. The maximum Gasteiger partial charge on any atom is 0.124 e. The number of methoxy groups -OCH3 is 1. The van der Waals surface area contributed by atoms with Gasteiger partial charge >= 0.3 is 0 Å². The molecular weight excluding hydrogens is 178 g/mol. The SMILES string of the molecule is CNCCOCc1ccccc1OC. The van der Waals surface area contributed by atoms with Gasteiger partial charge in [0.25, 0.3) is 0 Å². The lowest BCUT2D eigenvalue weighted by Crippen LogP contribution is -2.14. The minimum absolute atomic E-state index is 0.603. The van der Waals surface area contributed by atoms with Crippen LogP contribution in [0.3, 0.4) is 0 Å². The third-order valence-electron chi connectivity index (χ3n) is 1.95. The first kappa shape index (κ1) is 11.0. The third-order valence-corrected chi connectivity index (χ3v) is 1.95. The van der Waals surface area contributed by atoms with E-state index in [1.807, 2.05) is 31.3 Å². The van der Waals surface area contributed by atoms with Gasteiger partial charge in [-0.1, -0.05) is 18.2 Å². The largest absolute Gasteiger partial charge is 0.496 e. The van der Waals surface area contributed by atoms with Gasteiger partial charge in [-0.2, -0.15) is 0 Å². The molecule has 0 bridgehead atoms. The average Bonchev–Trinajstić information content (AvgIpc) is 2.25. The lowest BCUT2D eigenvalue weighted by atomic mass is 10.2. The summed E-state index contributed by atoms with van der Waals surface area (Å²) in [5.74, 6) is 0.886. The van der Waals surface area contributed by atoms with Crippen LogP contribution < -0.4 is 10.1 Å². The number of hydrogen-bond acceptors (Lipinski definition) is 3. The van der Waals surface area contributed by atoms with Crippen LogP contribution in [0.1, 0.15) is 5.56 Å². The molecule has 0 radical (unpaired) electrons. The van der Waals surface area contributed by atoms with Crippen LogP contribution in [-0.2, 0) is 11.3 Å². The second kappa shape index (κ2) is 6.40. The van der Waals surface area contributed by atoms with Crippen LogP contribution in [0.5, 0.6) is 5.75 Å². The lowest BCUT2D eigenvalue weighted by molar-refractivity contribution is 0.122. The molecule has 0 saturated carbocycles. The number of nitrogens with one attached hydrogen (secondary N) is 1. The van der Waals surface area contributed by atoms with Crippen molar-refractivity contribution in [3.8, 4) is 5.75 Å². The van der Waals surface area contributed by atoms with Gasteiger partial charge < -0.3 is 14.8 Å². The average molecular weight is 195 g/mol. The van der Waals surface area contributed by atoms with E-state index in [-0.39, 0.29) is 0 Å². The molecule has 1 rings (SSSR count). The Morgan fingerprint density at radius 1 is 1.29 bits per heavy atom. The fourth-order valence-corrected chi connectivity index (χ4v) is 1.18. The van der Waals surface area contributed by atoms with E-state index in [4.69, 9.17) is 9.47 Å². The molecule has 0 spiro atoms. The summed E-state index contributed by atoms with van der Waals surface area (Å²) in [5, 5.41) is 3.03. The third kappa shape index (κ3) is 3.36. The quantitative estimate of drug-likeness (QED) is 0.697. The van der Waals surface area contributed by atoms with Gasteiger partial charge in [0.15, 0.2) is 0 Å². The molecule has 0 amide bonds. The zero-order valence-corrected chi connectivity index (χ0v) is 8.75. The van der Waals surface area contributed by atoms with Gasteiger partial charge in [-0.25, -0.2) is 0 Å². The molecule has 0 fully saturated rings. The molecule has 0 aliphatic rings. The molecule has 0 atom stereocenters. The van der Waals surface area contributed by atoms with Gasteiger partial charge in [0.05, 0.1) is 20.3 Å². The summed E-state index contributed by atoms with van der Waals surface area (Å²) in [7, 11) is 3.58. The van der Waals surface area contributed by atoms with Gasteiger partial charge in [0, 0.05) is 12.1 Å². The molecule has 0 aromatic heterocycles. The molecule has 14 heavy (non-hydrogen) atoms. The van der Waals surface area contributed by atoms with Crippen molar-refractivity contribution in [2.45, 2.75) is 6.61 Å². The van der Waals surface area contributed by atoms with Gasteiger partial charge in [-0.05, 0) is 13.1 Å². The maximum absolute atomic E-state index is 5.46. The summed E-state index contributed by atoms with van der Waals surface area (Å²) in [5.41, 5.74) is 1.09. The Kier molecular flexibility index (Phi) is 5.04. The van der Waals surface area contributed by atoms with Crippen molar-refractivity contribution in [3.05, 3.63) is 29.8 Å². The van der Waals surface area contributed by atoms with E-state index in [2.05, 4.69) is 5.32 Å². The van der Waals surface area contributed by atoms with E-state index in [0.717, 1.165) is 17.9 Å². The van der Waals surface area contributed by atoms with E-state index in [0.29, 0.717) is 13.2 Å². The summed E-state index contributed by atoms with van der Waals surface area (Å²) in [4.78, 5) is 0. The number of benzene rings is 1. The second-order valence-electron chi connectivity index (χ2n) is 2.97. The molecule has 0 unspecified atom stereocenters. The molecule has 1 aromatic carbocycles. The van der Waals surface area contributed by atoms with Crippen LogP contribution in [0.4, 0.5) is 0 Å². The molecule has 3 heteroatoms. The number of rotatable bonds is 6. The molecule has 0 saturated heterocycles. The Morgan fingerprint density at radius 3 is 2.79 bits per heavy atom. The minimum Gasteiger partial charge on any atom is -0.496 e. The van der Waals surface area contributed by atoms with E-state index < -0.39 is 0 Å². The molecular formula is C11H17NO2. The van der Waals surface area contributed by atoms with Crippen molar-refractivity contribution in [1.82, 2.24) is 5.32 Å². The van der Waals surface area contributed by atoms with Crippen LogP contribution in [0.2, 0.25) is 0 Å². The van der Waals surface area contributed by atoms with Gasteiger partial charge in [-0.3, -0.25) is 0 Å². The summed E-state index contributed by atoms with van der Waals surface area (Å²) in [6.45, 7) is 2.19.